The average molecular weight is 446 g/mol. The number of rotatable bonds is 8. The van der Waals surface area contributed by atoms with Crippen molar-refractivity contribution in [3.05, 3.63) is 95.8 Å². The van der Waals surface area contributed by atoms with Gasteiger partial charge in [0.1, 0.15) is 5.82 Å². The number of hydrogen-bond acceptors (Lipinski definition) is 2. The van der Waals surface area contributed by atoms with Crippen LogP contribution >= 0.6 is 0 Å². The zero-order valence-corrected chi connectivity index (χ0v) is 19.2. The number of carbonyl (C=O) groups excluding carboxylic acids is 1. The van der Waals surface area contributed by atoms with Gasteiger partial charge in [0.15, 0.2) is 0 Å². The number of nitrogens with zero attached hydrogens (tertiary/aromatic N) is 1. The minimum absolute atomic E-state index is 0.0337. The quantitative estimate of drug-likeness (QED) is 0.443. The highest BCUT2D eigenvalue weighted by atomic mass is 19.1. The van der Waals surface area contributed by atoms with Crippen molar-refractivity contribution in [2.24, 2.45) is 0 Å². The lowest BCUT2D eigenvalue weighted by Gasteiger charge is -2.44. The van der Waals surface area contributed by atoms with Crippen LogP contribution in [0.15, 0.2) is 78.9 Å². The van der Waals surface area contributed by atoms with Crippen molar-refractivity contribution in [1.29, 1.82) is 0 Å². The second kappa shape index (κ2) is 10.3. The van der Waals surface area contributed by atoms with Gasteiger partial charge in [-0.05, 0) is 60.1 Å². The van der Waals surface area contributed by atoms with E-state index in [-0.39, 0.29) is 29.8 Å². The number of piperidine rings is 1. The van der Waals surface area contributed by atoms with Gasteiger partial charge < -0.3 is 10.0 Å². The number of carbonyl (C=O) groups is 1. The summed E-state index contributed by atoms with van der Waals surface area (Å²) >= 11 is 0. The Morgan fingerprint density at radius 3 is 2.18 bits per heavy atom. The number of hydrogen-bond donors (Lipinski definition) is 1. The van der Waals surface area contributed by atoms with Gasteiger partial charge >= 0.3 is 0 Å². The molecular weight excluding hydrogens is 413 g/mol. The van der Waals surface area contributed by atoms with Gasteiger partial charge in [-0.2, -0.15) is 0 Å². The summed E-state index contributed by atoms with van der Waals surface area (Å²) in [5.74, 6) is -0.0619. The van der Waals surface area contributed by atoms with Crippen LogP contribution in [0.25, 0.3) is 11.1 Å². The number of halogens is 1. The van der Waals surface area contributed by atoms with E-state index in [9.17, 15) is 14.3 Å². The predicted octanol–water partition coefficient (Wildman–Crippen LogP) is 6.28. The number of benzene rings is 3. The van der Waals surface area contributed by atoms with Crippen LogP contribution in [0.2, 0.25) is 0 Å². The van der Waals surface area contributed by atoms with Crippen molar-refractivity contribution < 1.29 is 14.3 Å². The Kier molecular flexibility index (Phi) is 7.24. The van der Waals surface area contributed by atoms with Gasteiger partial charge in [0.2, 0.25) is 5.91 Å². The Morgan fingerprint density at radius 2 is 1.61 bits per heavy atom. The molecule has 1 amide bonds. The lowest BCUT2D eigenvalue weighted by atomic mass is 9.69. The fraction of sp³-hybridized carbons (Fsp3) is 0.345. The predicted molar refractivity (Wildman–Crippen MR) is 130 cm³/mol. The van der Waals surface area contributed by atoms with Crippen LogP contribution in [-0.4, -0.2) is 29.1 Å². The molecule has 1 fully saturated rings. The SMILES string of the molecule is CC[C@@H](c1ccc(-c2ccc(F)cc2)cc1)N1CCC(CCCO)(c2ccccc2)CC1=O. The van der Waals surface area contributed by atoms with Crippen LogP contribution < -0.4 is 0 Å². The van der Waals surface area contributed by atoms with Crippen molar-refractivity contribution >= 4 is 5.91 Å². The fourth-order valence-electron chi connectivity index (χ4n) is 5.26. The molecule has 3 nitrogen and oxygen atoms in total. The molecule has 1 aliphatic heterocycles. The maximum Gasteiger partial charge on any atom is 0.223 e. The van der Waals surface area contributed by atoms with Crippen LogP contribution in [-0.2, 0) is 10.2 Å². The topological polar surface area (TPSA) is 40.5 Å². The first-order chi connectivity index (χ1) is 16.1. The van der Waals surface area contributed by atoms with E-state index in [2.05, 4.69) is 43.3 Å². The van der Waals surface area contributed by atoms with E-state index in [1.807, 2.05) is 23.1 Å². The highest BCUT2D eigenvalue weighted by Gasteiger charge is 2.41. The molecule has 1 unspecified atom stereocenters. The van der Waals surface area contributed by atoms with Gasteiger partial charge in [-0.15, -0.1) is 0 Å². The Bertz CT molecular complexity index is 1050. The van der Waals surface area contributed by atoms with Crippen molar-refractivity contribution in [3.63, 3.8) is 0 Å². The van der Waals surface area contributed by atoms with Crippen molar-refractivity contribution in [3.8, 4) is 11.1 Å². The molecule has 0 aliphatic carbocycles. The maximum atomic E-state index is 13.5. The molecule has 1 heterocycles. The van der Waals surface area contributed by atoms with E-state index in [1.54, 1.807) is 12.1 Å². The largest absolute Gasteiger partial charge is 0.396 e. The second-order valence-corrected chi connectivity index (χ2v) is 9.04. The molecule has 2 atom stereocenters. The summed E-state index contributed by atoms with van der Waals surface area (Å²) in [6.07, 6.45) is 3.73. The van der Waals surface area contributed by atoms with Gasteiger partial charge in [0.25, 0.3) is 0 Å². The molecule has 0 saturated carbocycles. The molecule has 1 N–H and O–H groups in total. The lowest BCUT2D eigenvalue weighted by Crippen LogP contribution is -2.47. The molecule has 4 heteroatoms. The highest BCUT2D eigenvalue weighted by Crippen LogP contribution is 2.42. The Balaban J connectivity index is 1.53. The number of aliphatic hydroxyl groups is 1. The summed E-state index contributed by atoms with van der Waals surface area (Å²) in [7, 11) is 0. The minimum Gasteiger partial charge on any atom is -0.396 e. The van der Waals surface area contributed by atoms with Gasteiger partial charge in [-0.3, -0.25) is 4.79 Å². The molecule has 0 radical (unpaired) electrons. The maximum absolute atomic E-state index is 13.5. The van der Waals surface area contributed by atoms with Gasteiger partial charge in [-0.1, -0.05) is 73.7 Å². The first-order valence-electron chi connectivity index (χ1n) is 11.9. The molecule has 1 aliphatic rings. The van der Waals surface area contributed by atoms with Crippen LogP contribution in [0.1, 0.15) is 56.2 Å². The molecule has 0 bridgehead atoms. The first-order valence-corrected chi connectivity index (χ1v) is 11.9. The van der Waals surface area contributed by atoms with E-state index in [0.717, 1.165) is 36.0 Å². The molecule has 1 saturated heterocycles. The third-order valence-electron chi connectivity index (χ3n) is 7.08. The number of likely N-dealkylation sites (tertiary alicyclic amines) is 1. The van der Waals surface area contributed by atoms with Crippen LogP contribution in [0.5, 0.6) is 0 Å². The number of amides is 1. The average Bonchev–Trinajstić information content (AvgIpc) is 2.86. The molecule has 0 spiro atoms. The Morgan fingerprint density at radius 1 is 0.970 bits per heavy atom. The second-order valence-electron chi connectivity index (χ2n) is 9.04. The van der Waals surface area contributed by atoms with Crippen LogP contribution in [0.4, 0.5) is 4.39 Å². The fourth-order valence-corrected chi connectivity index (χ4v) is 5.26. The molecular formula is C29H32FNO2. The highest BCUT2D eigenvalue weighted by molar-refractivity contribution is 5.79. The summed E-state index contributed by atoms with van der Waals surface area (Å²) in [4.78, 5) is 15.5. The monoisotopic (exact) mass is 445 g/mol. The molecule has 3 aromatic rings. The Labute approximate surface area is 195 Å². The van der Waals surface area contributed by atoms with Crippen LogP contribution in [0.3, 0.4) is 0 Å². The van der Waals surface area contributed by atoms with Gasteiger partial charge in [0.05, 0.1) is 6.04 Å². The van der Waals surface area contributed by atoms with Gasteiger partial charge in [-0.25, -0.2) is 4.39 Å². The molecule has 0 aromatic heterocycles. The standard InChI is InChI=1S/C29H32FNO2/c1-2-27(24-11-9-22(10-12-24)23-13-15-26(30)16-14-23)31-19-18-29(17-6-20-32,21-28(31)33)25-7-4-3-5-8-25/h3-5,7-16,27,32H,2,6,17-21H2,1H3/t27-,29?/m0/s1. The molecule has 172 valence electrons. The third kappa shape index (κ3) is 5.01. The molecule has 33 heavy (non-hydrogen) atoms. The first kappa shape index (κ1) is 23.2. The van der Waals surface area contributed by atoms with E-state index < -0.39 is 0 Å². The van der Waals surface area contributed by atoms with E-state index in [4.69, 9.17) is 0 Å². The summed E-state index contributed by atoms with van der Waals surface area (Å²) in [6, 6.07) is 25.1. The van der Waals surface area contributed by atoms with E-state index in [0.29, 0.717) is 19.4 Å². The Hall–Kier alpha value is -2.98. The smallest absolute Gasteiger partial charge is 0.223 e. The molecule has 3 aromatic carbocycles. The van der Waals surface area contributed by atoms with E-state index in [1.165, 1.54) is 17.7 Å². The van der Waals surface area contributed by atoms with Crippen molar-refractivity contribution in [1.82, 2.24) is 4.90 Å². The summed E-state index contributed by atoms with van der Waals surface area (Å²) in [5.41, 5.74) is 4.12. The van der Waals surface area contributed by atoms with E-state index >= 15 is 0 Å². The molecule has 4 rings (SSSR count). The summed E-state index contributed by atoms with van der Waals surface area (Å²) in [5, 5.41) is 9.46. The normalized spacial score (nSPS) is 19.5. The van der Waals surface area contributed by atoms with Crippen LogP contribution in [0, 0.1) is 5.82 Å². The third-order valence-corrected chi connectivity index (χ3v) is 7.08. The zero-order chi connectivity index (χ0) is 23.3. The van der Waals surface area contributed by atoms with Gasteiger partial charge in [0, 0.05) is 25.0 Å². The zero-order valence-electron chi connectivity index (χ0n) is 19.2. The summed E-state index contributed by atoms with van der Waals surface area (Å²) < 4.78 is 13.2. The van der Waals surface area contributed by atoms with Crippen molar-refractivity contribution in [2.45, 2.75) is 50.5 Å². The summed E-state index contributed by atoms with van der Waals surface area (Å²) in [6.45, 7) is 2.97. The lowest BCUT2D eigenvalue weighted by molar-refractivity contribution is -0.139. The minimum atomic E-state index is -0.240. The number of aliphatic hydroxyl groups excluding tert-OH is 1. The van der Waals surface area contributed by atoms with Crippen molar-refractivity contribution in [2.75, 3.05) is 13.2 Å².